The van der Waals surface area contributed by atoms with Gasteiger partial charge in [0.15, 0.2) is 0 Å². The Labute approximate surface area is 219 Å². The van der Waals surface area contributed by atoms with Crippen molar-refractivity contribution in [3.63, 3.8) is 0 Å². The first-order chi connectivity index (χ1) is 17.9. The molecule has 5 rings (SSSR count). The number of pyridine rings is 1. The Balaban J connectivity index is 1.34. The Hall–Kier alpha value is -3.65. The standard InChI is InChI=1S/C28H27ClFN3O4/c1-36-27(35)18-7-9-19(10-8-18)28(11-12-28)32-26(34)24-14-20(29)16-31-25(24)33-13-3-5-22(33)17-37-23-6-2-4-21(30)15-23/h2,4,6-10,14-16,22H,3,5,11-13,17H2,1H3,(H,32,34)/t22-/m0/s1. The molecule has 2 heterocycles. The van der Waals surface area contributed by atoms with Crippen molar-refractivity contribution in [3.05, 3.63) is 88.3 Å². The van der Waals surface area contributed by atoms with Crippen molar-refractivity contribution in [2.24, 2.45) is 0 Å². The van der Waals surface area contributed by atoms with Gasteiger partial charge in [-0.05, 0) is 61.6 Å². The second-order valence-corrected chi connectivity index (χ2v) is 9.82. The van der Waals surface area contributed by atoms with Gasteiger partial charge in [0.05, 0.1) is 34.8 Å². The third-order valence-corrected chi connectivity index (χ3v) is 7.13. The summed E-state index contributed by atoms with van der Waals surface area (Å²) >= 11 is 6.26. The van der Waals surface area contributed by atoms with E-state index in [0.29, 0.717) is 40.9 Å². The van der Waals surface area contributed by atoms with E-state index < -0.39 is 11.5 Å². The first-order valence-corrected chi connectivity index (χ1v) is 12.6. The van der Waals surface area contributed by atoms with Gasteiger partial charge >= 0.3 is 5.97 Å². The van der Waals surface area contributed by atoms with Crippen molar-refractivity contribution in [1.82, 2.24) is 10.3 Å². The minimum atomic E-state index is -0.504. The predicted molar refractivity (Wildman–Crippen MR) is 138 cm³/mol. The van der Waals surface area contributed by atoms with Gasteiger partial charge in [-0.3, -0.25) is 4.79 Å². The van der Waals surface area contributed by atoms with Crippen LogP contribution in [-0.4, -0.2) is 43.2 Å². The van der Waals surface area contributed by atoms with Crippen LogP contribution in [-0.2, 0) is 10.3 Å². The molecule has 1 atom stereocenters. The number of rotatable bonds is 8. The molecule has 0 radical (unpaired) electrons. The Bertz CT molecular complexity index is 1310. The number of amides is 1. The van der Waals surface area contributed by atoms with Crippen molar-refractivity contribution >= 4 is 29.3 Å². The summed E-state index contributed by atoms with van der Waals surface area (Å²) in [6.07, 6.45) is 4.88. The van der Waals surface area contributed by atoms with E-state index in [4.69, 9.17) is 21.1 Å². The summed E-state index contributed by atoms with van der Waals surface area (Å²) in [6.45, 7) is 1.05. The molecule has 0 spiro atoms. The molecule has 37 heavy (non-hydrogen) atoms. The molecule has 1 amide bonds. The number of halogens is 2. The molecule has 9 heteroatoms. The van der Waals surface area contributed by atoms with Gasteiger partial charge in [-0.2, -0.15) is 0 Å². The summed E-state index contributed by atoms with van der Waals surface area (Å²) < 4.78 is 24.2. The van der Waals surface area contributed by atoms with Gasteiger partial charge < -0.3 is 19.7 Å². The molecule has 7 nitrogen and oxygen atoms in total. The molecule has 1 aromatic heterocycles. The molecule has 2 aromatic carbocycles. The van der Waals surface area contributed by atoms with Crippen LogP contribution in [0.4, 0.5) is 10.2 Å². The minimum absolute atomic E-state index is 0.0238. The second-order valence-electron chi connectivity index (χ2n) is 9.39. The van der Waals surface area contributed by atoms with Crippen LogP contribution in [0.5, 0.6) is 5.75 Å². The molecule has 1 saturated carbocycles. The first kappa shape index (κ1) is 25.0. The van der Waals surface area contributed by atoms with Crippen molar-refractivity contribution in [1.29, 1.82) is 0 Å². The van der Waals surface area contributed by atoms with E-state index in [2.05, 4.69) is 15.2 Å². The summed E-state index contributed by atoms with van der Waals surface area (Å²) in [5.74, 6) is -0.0206. The summed E-state index contributed by atoms with van der Waals surface area (Å²) in [6, 6.07) is 14.8. The lowest BCUT2D eigenvalue weighted by molar-refractivity contribution is 0.0600. The largest absolute Gasteiger partial charge is 0.491 e. The molecular formula is C28H27ClFN3O4. The Morgan fingerprint density at radius 2 is 1.97 bits per heavy atom. The monoisotopic (exact) mass is 523 g/mol. The van der Waals surface area contributed by atoms with Gasteiger partial charge in [0.2, 0.25) is 0 Å². The maximum atomic E-state index is 13.6. The van der Waals surface area contributed by atoms with E-state index in [9.17, 15) is 14.0 Å². The lowest BCUT2D eigenvalue weighted by Crippen LogP contribution is -2.39. The van der Waals surface area contributed by atoms with Gasteiger partial charge in [-0.15, -0.1) is 0 Å². The number of nitrogens with one attached hydrogen (secondary N) is 1. The molecular weight excluding hydrogens is 497 g/mol. The zero-order valence-corrected chi connectivity index (χ0v) is 21.1. The zero-order chi connectivity index (χ0) is 26.0. The molecule has 192 valence electrons. The third kappa shape index (κ3) is 5.39. The van der Waals surface area contributed by atoms with E-state index >= 15 is 0 Å². The van der Waals surface area contributed by atoms with E-state index in [1.54, 1.807) is 30.3 Å². The van der Waals surface area contributed by atoms with Crippen LogP contribution >= 0.6 is 11.6 Å². The fraction of sp³-hybridized carbons (Fsp3) is 0.321. The Morgan fingerprint density at radius 1 is 1.19 bits per heavy atom. The molecule has 1 saturated heterocycles. The first-order valence-electron chi connectivity index (χ1n) is 12.2. The van der Waals surface area contributed by atoms with Gasteiger partial charge in [-0.1, -0.05) is 29.8 Å². The van der Waals surface area contributed by atoms with Crippen molar-refractivity contribution in [3.8, 4) is 5.75 Å². The van der Waals surface area contributed by atoms with Crippen molar-refractivity contribution in [2.75, 3.05) is 25.2 Å². The Morgan fingerprint density at radius 3 is 2.68 bits per heavy atom. The zero-order valence-electron chi connectivity index (χ0n) is 20.4. The number of hydrogen-bond acceptors (Lipinski definition) is 6. The van der Waals surface area contributed by atoms with Crippen LogP contribution < -0.4 is 15.0 Å². The summed E-state index contributed by atoms with van der Waals surface area (Å²) in [5.41, 5.74) is 1.27. The van der Waals surface area contributed by atoms with Crippen LogP contribution in [0.2, 0.25) is 5.02 Å². The maximum absolute atomic E-state index is 13.6. The van der Waals surface area contributed by atoms with E-state index in [-0.39, 0.29) is 17.8 Å². The number of methoxy groups -OCH3 is 1. The molecule has 0 bridgehead atoms. The second kappa shape index (κ2) is 10.4. The molecule has 3 aromatic rings. The summed E-state index contributed by atoms with van der Waals surface area (Å²) in [7, 11) is 1.34. The lowest BCUT2D eigenvalue weighted by Gasteiger charge is -2.28. The number of aromatic nitrogens is 1. The van der Waals surface area contributed by atoms with Crippen LogP contribution in [0.15, 0.2) is 60.8 Å². The van der Waals surface area contributed by atoms with E-state index in [1.807, 2.05) is 12.1 Å². The number of hydrogen-bond donors (Lipinski definition) is 1. The van der Waals surface area contributed by atoms with E-state index in [1.165, 1.54) is 25.4 Å². The summed E-state index contributed by atoms with van der Waals surface area (Å²) in [4.78, 5) is 31.9. The minimum Gasteiger partial charge on any atom is -0.491 e. The molecule has 1 aliphatic carbocycles. The fourth-order valence-electron chi connectivity index (χ4n) is 4.80. The molecule has 1 aliphatic heterocycles. The highest BCUT2D eigenvalue weighted by molar-refractivity contribution is 6.31. The average molecular weight is 524 g/mol. The van der Waals surface area contributed by atoms with Gasteiger partial charge in [0, 0.05) is 18.8 Å². The predicted octanol–water partition coefficient (Wildman–Crippen LogP) is 5.13. The normalized spacial score (nSPS) is 17.8. The van der Waals surface area contributed by atoms with Crippen LogP contribution in [0.3, 0.4) is 0 Å². The number of anilines is 1. The third-order valence-electron chi connectivity index (χ3n) is 6.93. The quantitative estimate of drug-likeness (QED) is 0.412. The number of benzene rings is 2. The molecule has 1 N–H and O–H groups in total. The van der Waals surface area contributed by atoms with Crippen molar-refractivity contribution < 1.29 is 23.5 Å². The topological polar surface area (TPSA) is 80.8 Å². The van der Waals surface area contributed by atoms with Gasteiger partial charge in [0.25, 0.3) is 5.91 Å². The highest BCUT2D eigenvalue weighted by atomic mass is 35.5. The average Bonchev–Trinajstić information content (AvgIpc) is 3.54. The Kier molecular flexibility index (Phi) is 7.02. The molecule has 2 fully saturated rings. The van der Waals surface area contributed by atoms with E-state index in [0.717, 1.165) is 31.2 Å². The molecule has 0 unspecified atom stereocenters. The highest BCUT2D eigenvalue weighted by Crippen LogP contribution is 2.46. The van der Waals surface area contributed by atoms with Gasteiger partial charge in [0.1, 0.15) is 24.0 Å². The number of ether oxygens (including phenoxy) is 2. The van der Waals surface area contributed by atoms with Crippen molar-refractivity contribution in [2.45, 2.75) is 37.3 Å². The smallest absolute Gasteiger partial charge is 0.337 e. The summed E-state index contributed by atoms with van der Waals surface area (Å²) in [5, 5.41) is 3.55. The molecule has 2 aliphatic rings. The number of carbonyl (C=O) groups is 2. The van der Waals surface area contributed by atoms with Crippen LogP contribution in [0.25, 0.3) is 0 Å². The van der Waals surface area contributed by atoms with Crippen LogP contribution in [0.1, 0.15) is 52.0 Å². The number of esters is 1. The van der Waals surface area contributed by atoms with Crippen LogP contribution in [0, 0.1) is 5.82 Å². The van der Waals surface area contributed by atoms with Gasteiger partial charge in [-0.25, -0.2) is 14.2 Å². The highest BCUT2D eigenvalue weighted by Gasteiger charge is 2.46. The number of nitrogens with zero attached hydrogens (tertiary/aromatic N) is 2. The fourth-order valence-corrected chi connectivity index (χ4v) is 4.96. The maximum Gasteiger partial charge on any atom is 0.337 e. The number of carbonyl (C=O) groups excluding carboxylic acids is 2. The lowest BCUT2D eigenvalue weighted by atomic mass is 10.0. The SMILES string of the molecule is COC(=O)c1ccc(C2(NC(=O)c3cc(Cl)cnc3N3CCC[C@H]3COc3cccc(F)c3)CC2)cc1.